The topological polar surface area (TPSA) is 117 Å². The van der Waals surface area contributed by atoms with Crippen molar-refractivity contribution in [1.82, 2.24) is 10.6 Å². The Labute approximate surface area is 147 Å². The van der Waals surface area contributed by atoms with Gasteiger partial charge in [-0.1, -0.05) is 0 Å². The fourth-order valence-electron chi connectivity index (χ4n) is 1.66. The third-order valence-electron chi connectivity index (χ3n) is 2.74. The molecule has 0 spiro atoms. The van der Waals surface area contributed by atoms with E-state index in [2.05, 4.69) is 35.9 Å². The summed E-state index contributed by atoms with van der Waals surface area (Å²) in [5.41, 5.74) is 0. The first kappa shape index (κ1) is 22.5. The minimum Gasteiger partial charge on any atom is -0.480 e. The number of rotatable bonds is 11. The highest BCUT2D eigenvalue weighted by Gasteiger charge is 2.34. The Kier molecular flexibility index (Phi) is 10.1. The summed E-state index contributed by atoms with van der Waals surface area (Å²) in [6.07, 6.45) is -2.38. The van der Waals surface area contributed by atoms with Crippen LogP contribution in [0.3, 0.4) is 0 Å². The molecule has 0 rings (SSSR count). The number of hydrogen-bond donors (Lipinski definition) is 6. The van der Waals surface area contributed by atoms with Crippen LogP contribution in [0.15, 0.2) is 0 Å². The summed E-state index contributed by atoms with van der Waals surface area (Å²) in [5, 5.41) is 24.0. The normalized spacial score (nSPS) is 17.2. The van der Waals surface area contributed by atoms with Gasteiger partial charge in [0.2, 0.25) is 12.3 Å². The van der Waals surface area contributed by atoms with Gasteiger partial charge in [0.05, 0.1) is 12.6 Å². The Morgan fingerprint density at radius 2 is 1.91 bits per heavy atom. The molecule has 4 N–H and O–H groups in total. The van der Waals surface area contributed by atoms with Crippen LogP contribution in [0, 0.1) is 0 Å². The summed E-state index contributed by atoms with van der Waals surface area (Å²) >= 11 is 8.27. The second-order valence-corrected chi connectivity index (χ2v) is 7.08. The molecule has 0 heterocycles. The lowest BCUT2D eigenvalue weighted by Crippen LogP contribution is -2.54. The highest BCUT2D eigenvalue weighted by Crippen LogP contribution is 2.18. The van der Waals surface area contributed by atoms with Crippen LogP contribution in [-0.2, 0) is 19.1 Å². The number of carbonyl (C=O) groups is 2. The lowest BCUT2D eigenvalue weighted by molar-refractivity contribution is -0.236. The maximum Gasteiger partial charge on any atom is 0.322 e. The number of amides is 1. The molecule has 0 aliphatic rings. The Morgan fingerprint density at radius 1 is 1.35 bits per heavy atom. The van der Waals surface area contributed by atoms with Crippen LogP contribution in [-0.4, -0.2) is 64.0 Å². The Bertz CT molecular complexity index is 391. The van der Waals surface area contributed by atoms with E-state index >= 15 is 0 Å². The molecule has 0 fully saturated rings. The second-order valence-electron chi connectivity index (χ2n) is 5.56. The van der Waals surface area contributed by atoms with Gasteiger partial charge in [-0.3, -0.25) is 14.9 Å². The highest BCUT2D eigenvalue weighted by atomic mass is 32.1. The smallest absolute Gasteiger partial charge is 0.322 e. The van der Waals surface area contributed by atoms with E-state index in [1.165, 1.54) is 13.8 Å². The first-order valence-electron chi connectivity index (χ1n) is 7.01. The minimum absolute atomic E-state index is 0.136. The van der Waals surface area contributed by atoms with E-state index in [0.29, 0.717) is 5.75 Å². The quantitative estimate of drug-likeness (QED) is 0.221. The fourth-order valence-corrected chi connectivity index (χ4v) is 2.04. The van der Waals surface area contributed by atoms with Gasteiger partial charge in [-0.05, 0) is 20.8 Å². The number of aliphatic hydroxyl groups is 1. The predicted molar refractivity (Wildman–Crippen MR) is 91.6 cm³/mol. The van der Waals surface area contributed by atoms with E-state index in [1.807, 2.05) is 0 Å². The van der Waals surface area contributed by atoms with Gasteiger partial charge >= 0.3 is 5.97 Å². The van der Waals surface area contributed by atoms with Gasteiger partial charge in [0.1, 0.15) is 6.04 Å². The molecular weight excluding hydrogens is 344 g/mol. The summed E-state index contributed by atoms with van der Waals surface area (Å²) in [6, 6.07) is -1.42. The lowest BCUT2D eigenvalue weighted by atomic mass is 10.0. The number of carbonyl (C=O) groups excluding carboxylic acids is 1. The molecule has 1 amide bonds. The van der Waals surface area contributed by atoms with Crippen molar-refractivity contribution >= 4 is 37.1 Å². The van der Waals surface area contributed by atoms with Crippen LogP contribution in [0.4, 0.5) is 0 Å². The first-order valence-corrected chi connectivity index (χ1v) is 8.09. The van der Waals surface area contributed by atoms with E-state index in [-0.39, 0.29) is 18.6 Å². The van der Waals surface area contributed by atoms with Crippen molar-refractivity contribution in [2.24, 2.45) is 0 Å². The fraction of sp³-hybridized carbons (Fsp3) is 0.846. The summed E-state index contributed by atoms with van der Waals surface area (Å²) in [5.74, 6) is -0.993. The summed E-state index contributed by atoms with van der Waals surface area (Å²) in [7, 11) is 0. The second kappa shape index (κ2) is 10.4. The summed E-state index contributed by atoms with van der Waals surface area (Å²) in [4.78, 5) is 22.1. The van der Waals surface area contributed by atoms with Gasteiger partial charge in [0.25, 0.3) is 0 Å². The number of nitrogens with one attached hydrogen (secondary N) is 2. The lowest BCUT2D eigenvalue weighted by Gasteiger charge is -2.30. The molecule has 8 nitrogen and oxygen atoms in total. The maximum atomic E-state index is 11.2. The molecule has 0 saturated heterocycles. The van der Waals surface area contributed by atoms with E-state index in [0.717, 1.165) is 0 Å². The average Bonchev–Trinajstić information content (AvgIpc) is 2.38. The standard InChI is InChI=1S/C13H26N2O6S2/c1-7(16)14-9(6-22)5-20-8(2)21-12(19)15-10(11(17)18)13(3,4)23/h8-10,12,15,19,22-23H,5-6H2,1-4H3,(H,14,16)(H,17,18). The number of thiol groups is 2. The number of carboxylic acid groups (broad SMARTS) is 1. The van der Waals surface area contributed by atoms with E-state index in [9.17, 15) is 14.7 Å². The monoisotopic (exact) mass is 370 g/mol. The molecule has 0 bridgehead atoms. The van der Waals surface area contributed by atoms with Crippen LogP contribution < -0.4 is 10.6 Å². The molecule has 136 valence electrons. The third kappa shape index (κ3) is 10.0. The predicted octanol–water partition coefficient (Wildman–Crippen LogP) is -0.173. The zero-order chi connectivity index (χ0) is 18.2. The van der Waals surface area contributed by atoms with Crippen LogP contribution in [0.2, 0.25) is 0 Å². The molecule has 4 atom stereocenters. The average molecular weight is 370 g/mol. The Morgan fingerprint density at radius 3 is 2.30 bits per heavy atom. The van der Waals surface area contributed by atoms with Crippen molar-refractivity contribution in [3.63, 3.8) is 0 Å². The molecule has 0 aromatic carbocycles. The number of ether oxygens (including phenoxy) is 2. The first-order chi connectivity index (χ1) is 10.5. The third-order valence-corrected chi connectivity index (χ3v) is 3.44. The van der Waals surface area contributed by atoms with Crippen molar-refractivity contribution < 1.29 is 29.3 Å². The van der Waals surface area contributed by atoms with Crippen LogP contribution >= 0.6 is 25.3 Å². The zero-order valence-corrected chi connectivity index (χ0v) is 15.4. The van der Waals surface area contributed by atoms with Crippen molar-refractivity contribution in [2.75, 3.05) is 12.4 Å². The Balaban J connectivity index is 4.35. The van der Waals surface area contributed by atoms with Crippen molar-refractivity contribution in [3.8, 4) is 0 Å². The molecule has 10 heteroatoms. The van der Waals surface area contributed by atoms with Crippen LogP contribution in [0.1, 0.15) is 27.7 Å². The molecule has 4 unspecified atom stereocenters. The molecule has 0 aromatic rings. The molecule has 23 heavy (non-hydrogen) atoms. The maximum absolute atomic E-state index is 11.2. The molecule has 0 radical (unpaired) electrons. The number of aliphatic carboxylic acids is 1. The van der Waals surface area contributed by atoms with Crippen LogP contribution in [0.5, 0.6) is 0 Å². The minimum atomic E-state index is -1.55. The number of aliphatic hydroxyl groups excluding tert-OH is 1. The molecule has 0 aliphatic heterocycles. The molecular formula is C13H26N2O6S2. The van der Waals surface area contributed by atoms with Gasteiger partial charge in [-0.15, -0.1) is 0 Å². The van der Waals surface area contributed by atoms with E-state index < -0.39 is 29.5 Å². The van der Waals surface area contributed by atoms with Crippen molar-refractivity contribution in [1.29, 1.82) is 0 Å². The molecule has 0 aromatic heterocycles. The largest absolute Gasteiger partial charge is 0.480 e. The van der Waals surface area contributed by atoms with Crippen molar-refractivity contribution in [3.05, 3.63) is 0 Å². The van der Waals surface area contributed by atoms with Gasteiger partial charge < -0.3 is 25.0 Å². The van der Waals surface area contributed by atoms with E-state index in [1.54, 1.807) is 13.8 Å². The van der Waals surface area contributed by atoms with Gasteiger partial charge in [0.15, 0.2) is 6.29 Å². The zero-order valence-electron chi connectivity index (χ0n) is 13.6. The molecule has 0 aliphatic carbocycles. The highest BCUT2D eigenvalue weighted by molar-refractivity contribution is 7.81. The molecule has 0 saturated carbocycles. The van der Waals surface area contributed by atoms with Gasteiger partial charge in [0, 0.05) is 17.4 Å². The summed E-state index contributed by atoms with van der Waals surface area (Å²) in [6.45, 7) is 6.25. The van der Waals surface area contributed by atoms with E-state index in [4.69, 9.17) is 14.6 Å². The van der Waals surface area contributed by atoms with Gasteiger partial charge in [-0.2, -0.15) is 25.3 Å². The van der Waals surface area contributed by atoms with Crippen LogP contribution in [0.25, 0.3) is 0 Å². The summed E-state index contributed by atoms with van der Waals surface area (Å²) < 4.78 is 9.54. The number of carboxylic acids is 1. The number of hydrogen-bond acceptors (Lipinski definition) is 8. The SMILES string of the molecule is CC(=O)NC(CS)COC(C)OC(O)NC(C(=O)O)C(C)(C)S. The Hall–Kier alpha value is -0.520. The van der Waals surface area contributed by atoms with Gasteiger partial charge in [-0.25, -0.2) is 0 Å². The van der Waals surface area contributed by atoms with Crippen molar-refractivity contribution in [2.45, 2.75) is 57.2 Å².